The van der Waals surface area contributed by atoms with Crippen LogP contribution in [-0.4, -0.2) is 48.6 Å². The summed E-state index contributed by atoms with van der Waals surface area (Å²) in [7, 11) is 0. The number of rotatable bonds is 4. The molecule has 0 aromatic carbocycles. The third kappa shape index (κ3) is 3.22. The molecule has 0 bridgehead atoms. The molecule has 2 aromatic heterocycles. The molecule has 2 aromatic rings. The van der Waals surface area contributed by atoms with Gasteiger partial charge in [-0.1, -0.05) is 0 Å². The molecule has 4 rings (SSSR count). The second kappa shape index (κ2) is 6.88. The van der Waals surface area contributed by atoms with Crippen LogP contribution in [-0.2, 0) is 4.79 Å². The smallest absolute Gasteiger partial charge is 0.223 e. The number of amides is 1. The highest BCUT2D eigenvalue weighted by atomic mass is 32.1. The van der Waals surface area contributed by atoms with Crippen LogP contribution in [0.25, 0.3) is 10.2 Å². The van der Waals surface area contributed by atoms with Gasteiger partial charge in [0.1, 0.15) is 17.0 Å². The maximum Gasteiger partial charge on any atom is 0.223 e. The molecule has 1 amide bonds. The summed E-state index contributed by atoms with van der Waals surface area (Å²) in [5.41, 5.74) is 1.28. The minimum absolute atomic E-state index is 0.131. The summed E-state index contributed by atoms with van der Waals surface area (Å²) in [4.78, 5) is 26.1. The van der Waals surface area contributed by atoms with Gasteiger partial charge in [0, 0.05) is 49.4 Å². The number of fused-ring (bicyclic) bond motifs is 1. The lowest BCUT2D eigenvalue weighted by atomic mass is 9.95. The molecule has 0 unspecified atom stereocenters. The molecule has 0 aliphatic carbocycles. The summed E-state index contributed by atoms with van der Waals surface area (Å²) < 4.78 is 0. The number of aryl methyl sites for hydroxylation is 2. The minimum Gasteiger partial charge on any atom is -0.356 e. The molecule has 0 radical (unpaired) electrons. The topological polar surface area (TPSA) is 70.2 Å². The fourth-order valence-electron chi connectivity index (χ4n) is 3.64. The second-order valence-electron chi connectivity index (χ2n) is 7.19. The van der Waals surface area contributed by atoms with Crippen LogP contribution in [0, 0.1) is 25.7 Å². The van der Waals surface area contributed by atoms with Gasteiger partial charge in [-0.25, -0.2) is 9.97 Å². The number of carbonyl (C=O) groups excluding carboxylic acids is 1. The van der Waals surface area contributed by atoms with Crippen molar-refractivity contribution in [3.63, 3.8) is 0 Å². The Hall–Kier alpha value is -1.73. The quantitative estimate of drug-likeness (QED) is 0.872. The predicted octanol–water partition coefficient (Wildman–Crippen LogP) is 1.86. The maximum atomic E-state index is 12.4. The SMILES string of the molecule is Cc1sc2ncnc(N3CCC(C(=O)NCC4CNC4)CC3)c2c1C. The Morgan fingerprint density at radius 3 is 2.76 bits per heavy atom. The minimum atomic E-state index is 0.131. The molecular weight excluding hydrogens is 334 g/mol. The number of piperidine rings is 1. The Balaban J connectivity index is 1.41. The van der Waals surface area contributed by atoms with Gasteiger partial charge in [-0.15, -0.1) is 11.3 Å². The third-order valence-electron chi connectivity index (χ3n) is 5.54. The summed E-state index contributed by atoms with van der Waals surface area (Å²) in [5, 5.41) is 7.56. The Morgan fingerprint density at radius 1 is 1.32 bits per heavy atom. The maximum absolute atomic E-state index is 12.4. The van der Waals surface area contributed by atoms with E-state index >= 15 is 0 Å². The van der Waals surface area contributed by atoms with E-state index in [4.69, 9.17) is 0 Å². The van der Waals surface area contributed by atoms with Crippen LogP contribution in [0.2, 0.25) is 0 Å². The van der Waals surface area contributed by atoms with Crippen molar-refractivity contribution >= 4 is 33.3 Å². The monoisotopic (exact) mass is 359 g/mol. The summed E-state index contributed by atoms with van der Waals surface area (Å²) in [6.07, 6.45) is 3.45. The fourth-order valence-corrected chi connectivity index (χ4v) is 4.63. The average Bonchev–Trinajstić information content (AvgIpc) is 2.88. The lowest BCUT2D eigenvalue weighted by Gasteiger charge is -2.33. The van der Waals surface area contributed by atoms with Gasteiger partial charge in [-0.05, 0) is 32.3 Å². The highest BCUT2D eigenvalue weighted by Gasteiger charge is 2.28. The molecule has 7 heteroatoms. The van der Waals surface area contributed by atoms with Gasteiger partial charge in [0.05, 0.1) is 5.39 Å². The van der Waals surface area contributed by atoms with Gasteiger partial charge in [0.15, 0.2) is 0 Å². The van der Waals surface area contributed by atoms with Crippen molar-refractivity contribution in [3.8, 4) is 0 Å². The van der Waals surface area contributed by atoms with Crippen molar-refractivity contribution in [2.45, 2.75) is 26.7 Å². The van der Waals surface area contributed by atoms with Gasteiger partial charge in [0.25, 0.3) is 0 Å². The van der Waals surface area contributed by atoms with Crippen LogP contribution in [0.15, 0.2) is 6.33 Å². The van der Waals surface area contributed by atoms with E-state index in [1.54, 1.807) is 17.7 Å². The highest BCUT2D eigenvalue weighted by molar-refractivity contribution is 7.18. The fraction of sp³-hybridized carbons (Fsp3) is 0.611. The van der Waals surface area contributed by atoms with Gasteiger partial charge in [-0.3, -0.25) is 4.79 Å². The second-order valence-corrected chi connectivity index (χ2v) is 8.39. The van der Waals surface area contributed by atoms with E-state index in [9.17, 15) is 4.79 Å². The number of carbonyl (C=O) groups is 1. The molecule has 6 nitrogen and oxygen atoms in total. The Morgan fingerprint density at radius 2 is 2.08 bits per heavy atom. The Kier molecular flexibility index (Phi) is 4.60. The van der Waals surface area contributed by atoms with Crippen molar-refractivity contribution in [2.75, 3.05) is 37.6 Å². The van der Waals surface area contributed by atoms with Gasteiger partial charge >= 0.3 is 0 Å². The van der Waals surface area contributed by atoms with Crippen LogP contribution >= 0.6 is 11.3 Å². The first-order valence-corrected chi connectivity index (χ1v) is 9.89. The predicted molar refractivity (Wildman–Crippen MR) is 101 cm³/mol. The molecule has 0 spiro atoms. The summed E-state index contributed by atoms with van der Waals surface area (Å²) in [5.74, 6) is 2.00. The number of nitrogens with zero attached hydrogens (tertiary/aromatic N) is 3. The number of anilines is 1. The van der Waals surface area contributed by atoms with Gasteiger partial charge in [0.2, 0.25) is 5.91 Å². The number of thiophene rings is 1. The van der Waals surface area contributed by atoms with E-state index in [0.717, 1.165) is 56.2 Å². The van der Waals surface area contributed by atoms with Crippen molar-refractivity contribution in [3.05, 3.63) is 16.8 Å². The molecule has 0 saturated carbocycles. The van der Waals surface area contributed by atoms with E-state index in [1.807, 2.05) is 0 Å². The zero-order valence-electron chi connectivity index (χ0n) is 14.8. The molecule has 25 heavy (non-hydrogen) atoms. The van der Waals surface area contributed by atoms with E-state index in [2.05, 4.69) is 39.3 Å². The van der Waals surface area contributed by atoms with Crippen LogP contribution in [0.4, 0.5) is 5.82 Å². The molecule has 4 heterocycles. The molecule has 134 valence electrons. The highest BCUT2D eigenvalue weighted by Crippen LogP contribution is 2.35. The zero-order chi connectivity index (χ0) is 17.4. The Bertz CT molecular complexity index is 777. The number of hydrogen-bond donors (Lipinski definition) is 2. The molecule has 0 atom stereocenters. The van der Waals surface area contributed by atoms with Crippen molar-refractivity contribution < 1.29 is 4.79 Å². The first kappa shape index (κ1) is 16.7. The number of nitrogens with one attached hydrogen (secondary N) is 2. The third-order valence-corrected chi connectivity index (χ3v) is 6.66. The molecule has 2 fully saturated rings. The van der Waals surface area contributed by atoms with Crippen molar-refractivity contribution in [2.24, 2.45) is 11.8 Å². The number of aromatic nitrogens is 2. The lowest BCUT2D eigenvalue weighted by molar-refractivity contribution is -0.125. The van der Waals surface area contributed by atoms with E-state index in [-0.39, 0.29) is 11.8 Å². The molecule has 2 aliphatic heterocycles. The summed E-state index contributed by atoms with van der Waals surface area (Å²) in [6, 6.07) is 0. The average molecular weight is 359 g/mol. The van der Waals surface area contributed by atoms with E-state index < -0.39 is 0 Å². The van der Waals surface area contributed by atoms with Crippen LogP contribution in [0.5, 0.6) is 0 Å². The largest absolute Gasteiger partial charge is 0.356 e. The molecule has 2 N–H and O–H groups in total. The van der Waals surface area contributed by atoms with Gasteiger partial charge < -0.3 is 15.5 Å². The van der Waals surface area contributed by atoms with Crippen LogP contribution in [0.3, 0.4) is 0 Å². The molecule has 2 saturated heterocycles. The van der Waals surface area contributed by atoms with Crippen molar-refractivity contribution in [1.82, 2.24) is 20.6 Å². The first-order chi connectivity index (χ1) is 12.1. The summed E-state index contributed by atoms with van der Waals surface area (Å²) >= 11 is 1.73. The first-order valence-electron chi connectivity index (χ1n) is 9.07. The van der Waals surface area contributed by atoms with Crippen LogP contribution in [0.1, 0.15) is 23.3 Å². The molecule has 2 aliphatic rings. The lowest BCUT2D eigenvalue weighted by Crippen LogP contribution is -2.49. The van der Waals surface area contributed by atoms with Crippen molar-refractivity contribution in [1.29, 1.82) is 0 Å². The standard InChI is InChI=1S/C18H25N5OS/c1-11-12(2)25-18-15(11)16(21-10-22-18)23-5-3-14(4-6-23)17(24)20-9-13-7-19-8-13/h10,13-14,19H,3-9H2,1-2H3,(H,20,24). The Labute approximate surface area is 152 Å². The van der Waals surface area contributed by atoms with Crippen LogP contribution < -0.4 is 15.5 Å². The number of hydrogen-bond acceptors (Lipinski definition) is 6. The summed E-state index contributed by atoms with van der Waals surface area (Å²) in [6.45, 7) is 8.92. The normalized spacial score (nSPS) is 19.2. The van der Waals surface area contributed by atoms with E-state index in [0.29, 0.717) is 5.92 Å². The van der Waals surface area contributed by atoms with E-state index in [1.165, 1.54) is 15.8 Å². The molecular formula is C18H25N5OS. The zero-order valence-corrected chi connectivity index (χ0v) is 15.7. The van der Waals surface area contributed by atoms with Gasteiger partial charge in [-0.2, -0.15) is 0 Å².